The molecule has 1 spiro atoms. The Morgan fingerprint density at radius 2 is 2.45 bits per heavy atom. The fraction of sp³-hybridized carbons (Fsp3) is 0.500. The smallest absolute Gasteiger partial charge is 0.272 e. The molecule has 2 aliphatic rings. The van der Waals surface area contributed by atoms with Gasteiger partial charge in [-0.2, -0.15) is 0 Å². The summed E-state index contributed by atoms with van der Waals surface area (Å²) in [6.45, 7) is 2.47. The molecule has 7 nitrogen and oxygen atoms in total. The minimum Gasteiger partial charge on any atom is -0.593 e. The van der Waals surface area contributed by atoms with Gasteiger partial charge in [0.2, 0.25) is 10.8 Å². The maximum Gasteiger partial charge on any atom is 0.272 e. The maximum absolute atomic E-state index is 12.4. The fourth-order valence-corrected chi connectivity index (χ4v) is 4.11. The molecule has 2 aliphatic heterocycles. The average molecular weight is 297 g/mol. The number of ether oxygens (including phenoxy) is 1. The summed E-state index contributed by atoms with van der Waals surface area (Å²) < 4.78 is 33.0. The number of likely N-dealkylation sites (tertiary alicyclic amines) is 1. The van der Waals surface area contributed by atoms with Crippen LogP contribution in [0, 0.1) is 0 Å². The number of nitrogens with one attached hydrogen (secondary N) is 1. The number of hydrogen-bond donors (Lipinski definition) is 1. The normalized spacial score (nSPS) is 32.6. The standard InChI is InChI=1S/C12H15N3O4S/c1-9(16)15-6-4-12(7-15)8-19-11-10(3-2-5-13-11)20(17,18)14-12/h2-3,5H,4,6-8H2,1H3,(H-,14,17,18). The highest BCUT2D eigenvalue weighted by Crippen LogP contribution is 2.33. The highest BCUT2D eigenvalue weighted by molar-refractivity contribution is 7.96. The molecule has 1 N–H and O–H groups in total. The zero-order valence-corrected chi connectivity index (χ0v) is 11.8. The van der Waals surface area contributed by atoms with E-state index < -0.39 is 15.9 Å². The highest BCUT2D eigenvalue weighted by atomic mass is 32.3. The van der Waals surface area contributed by atoms with Crippen LogP contribution in [0.25, 0.3) is 0 Å². The first-order valence-corrected chi connectivity index (χ1v) is 7.78. The summed E-state index contributed by atoms with van der Waals surface area (Å²) in [7, 11) is -3.69. The number of rotatable bonds is 0. The Hall–Kier alpha value is -1.51. The van der Waals surface area contributed by atoms with Crippen LogP contribution in [0.4, 0.5) is 0 Å². The summed E-state index contributed by atoms with van der Waals surface area (Å²) in [5.74, 6) is 0.0408. The molecule has 0 radical (unpaired) electrons. The van der Waals surface area contributed by atoms with Crippen molar-refractivity contribution in [2.75, 3.05) is 19.7 Å². The van der Waals surface area contributed by atoms with Gasteiger partial charge in [-0.05, 0) is 12.5 Å². The van der Waals surface area contributed by atoms with Crippen molar-refractivity contribution in [1.82, 2.24) is 14.6 Å². The molecule has 3 heterocycles. The second kappa shape index (κ2) is 4.51. The molecule has 0 aromatic carbocycles. The van der Waals surface area contributed by atoms with Crippen molar-refractivity contribution in [3.63, 3.8) is 0 Å². The monoisotopic (exact) mass is 297 g/mol. The molecule has 8 heteroatoms. The first-order valence-electron chi connectivity index (χ1n) is 6.29. The molecule has 3 rings (SSSR count). The highest BCUT2D eigenvalue weighted by Gasteiger charge is 2.48. The number of sulfonamides is 1. The predicted molar refractivity (Wildman–Crippen MR) is 69.6 cm³/mol. The fourth-order valence-electron chi connectivity index (χ4n) is 2.61. The van der Waals surface area contributed by atoms with Crippen molar-refractivity contribution in [1.29, 1.82) is 0 Å². The second-order valence-corrected chi connectivity index (χ2v) is 6.82. The van der Waals surface area contributed by atoms with Gasteiger partial charge in [0.05, 0.1) is 0 Å². The topological polar surface area (TPSA) is 94.6 Å². The molecule has 2 unspecified atom stereocenters. The van der Waals surface area contributed by atoms with E-state index in [1.807, 2.05) is 0 Å². The lowest BCUT2D eigenvalue weighted by atomic mass is 10.0. The molecule has 0 saturated carbocycles. The van der Waals surface area contributed by atoms with E-state index in [1.165, 1.54) is 19.2 Å². The Morgan fingerprint density at radius 1 is 1.65 bits per heavy atom. The van der Waals surface area contributed by atoms with Gasteiger partial charge in [-0.1, -0.05) is 4.21 Å². The first kappa shape index (κ1) is 13.5. The Labute approximate surface area is 117 Å². The molecule has 20 heavy (non-hydrogen) atoms. The minimum atomic E-state index is -3.69. The lowest BCUT2D eigenvalue weighted by molar-refractivity contribution is -0.128. The number of aromatic nitrogens is 1. The minimum absolute atomic E-state index is 0.0400. The quantitative estimate of drug-likeness (QED) is 0.678. The number of amides is 1. The first-order chi connectivity index (χ1) is 9.42. The van der Waals surface area contributed by atoms with Crippen molar-refractivity contribution in [2.24, 2.45) is 0 Å². The van der Waals surface area contributed by atoms with E-state index in [4.69, 9.17) is 4.74 Å². The van der Waals surface area contributed by atoms with Gasteiger partial charge in [-0.15, -0.1) is 4.72 Å². The summed E-state index contributed by atoms with van der Waals surface area (Å²) in [5, 5.41) is 0. The molecule has 1 saturated heterocycles. The van der Waals surface area contributed by atoms with Crippen molar-refractivity contribution >= 4 is 16.3 Å². The number of pyridine rings is 1. The molecule has 108 valence electrons. The molecule has 1 amide bonds. The van der Waals surface area contributed by atoms with Crippen LogP contribution in [-0.4, -0.2) is 45.6 Å². The summed E-state index contributed by atoms with van der Waals surface area (Å²) >= 11 is 0. The zero-order valence-electron chi connectivity index (χ0n) is 11.0. The number of carbonyl (C=O) groups is 1. The molecule has 0 bridgehead atoms. The summed E-state index contributed by atoms with van der Waals surface area (Å²) in [4.78, 5) is 17.1. The van der Waals surface area contributed by atoms with Crippen LogP contribution in [0.2, 0.25) is 0 Å². The van der Waals surface area contributed by atoms with E-state index in [0.717, 1.165) is 0 Å². The SMILES string of the molecule is CC(=O)N1CCC2(COc3ncccc3[S+](=O)([O-])N2)C1. The van der Waals surface area contributed by atoms with E-state index in [-0.39, 0.29) is 23.3 Å². The number of nitrogens with zero attached hydrogens (tertiary/aromatic N) is 2. The molecular formula is C12H15N3O4S. The lowest BCUT2D eigenvalue weighted by Crippen LogP contribution is -2.55. The van der Waals surface area contributed by atoms with Crippen LogP contribution >= 0.6 is 0 Å². The van der Waals surface area contributed by atoms with E-state index in [2.05, 4.69) is 9.71 Å². The van der Waals surface area contributed by atoms with Crippen molar-refractivity contribution in [3.8, 4) is 5.88 Å². The summed E-state index contributed by atoms with van der Waals surface area (Å²) in [6, 6.07) is 3.01. The largest absolute Gasteiger partial charge is 0.593 e. The third kappa shape index (κ3) is 2.19. The van der Waals surface area contributed by atoms with Crippen molar-refractivity contribution < 1.29 is 18.3 Å². The van der Waals surface area contributed by atoms with Gasteiger partial charge in [0.1, 0.15) is 12.1 Å². The number of fused-ring (bicyclic) bond motifs is 1. The second-order valence-electron chi connectivity index (χ2n) is 5.17. The average Bonchev–Trinajstić information content (AvgIpc) is 2.76. The third-order valence-corrected chi connectivity index (χ3v) is 5.25. The Kier molecular flexibility index (Phi) is 3.03. The predicted octanol–water partition coefficient (Wildman–Crippen LogP) is -0.0416. The van der Waals surface area contributed by atoms with Crippen LogP contribution in [-0.2, 0) is 19.4 Å². The molecule has 1 aromatic rings. The van der Waals surface area contributed by atoms with Crippen molar-refractivity contribution in [3.05, 3.63) is 18.3 Å². The maximum atomic E-state index is 12.4. The zero-order chi connectivity index (χ0) is 14.4. The van der Waals surface area contributed by atoms with Gasteiger partial charge >= 0.3 is 0 Å². The van der Waals surface area contributed by atoms with Crippen LogP contribution in [0.3, 0.4) is 0 Å². The van der Waals surface area contributed by atoms with E-state index in [9.17, 15) is 13.6 Å². The van der Waals surface area contributed by atoms with Gasteiger partial charge in [-0.25, -0.2) is 4.98 Å². The number of hydrogen-bond acceptors (Lipinski definition) is 5. The Morgan fingerprint density at radius 3 is 3.15 bits per heavy atom. The van der Waals surface area contributed by atoms with E-state index >= 15 is 0 Å². The van der Waals surface area contributed by atoms with E-state index in [0.29, 0.717) is 19.5 Å². The van der Waals surface area contributed by atoms with Crippen LogP contribution in [0.15, 0.2) is 23.2 Å². The Balaban J connectivity index is 1.94. The van der Waals surface area contributed by atoms with Gasteiger partial charge in [0, 0.05) is 32.3 Å². The molecule has 2 atom stereocenters. The van der Waals surface area contributed by atoms with Gasteiger partial charge in [0.15, 0.2) is 10.4 Å². The van der Waals surface area contributed by atoms with Gasteiger partial charge < -0.3 is 14.2 Å². The van der Waals surface area contributed by atoms with Crippen LogP contribution in [0.5, 0.6) is 5.88 Å². The molecule has 0 aliphatic carbocycles. The third-order valence-electron chi connectivity index (χ3n) is 3.66. The van der Waals surface area contributed by atoms with E-state index in [1.54, 1.807) is 11.0 Å². The molecular weight excluding hydrogens is 282 g/mol. The Bertz CT molecular complexity index is 608. The van der Waals surface area contributed by atoms with Gasteiger partial charge in [-0.3, -0.25) is 4.79 Å². The number of carbonyl (C=O) groups excluding carboxylic acids is 1. The lowest BCUT2D eigenvalue weighted by Gasteiger charge is -2.27. The van der Waals surface area contributed by atoms with Crippen molar-refractivity contribution in [2.45, 2.75) is 23.8 Å². The van der Waals surface area contributed by atoms with Crippen LogP contribution in [0.1, 0.15) is 13.3 Å². The summed E-state index contributed by atoms with van der Waals surface area (Å²) in [6.07, 6.45) is 2.02. The van der Waals surface area contributed by atoms with Gasteiger partial charge in [0.25, 0.3) is 5.88 Å². The molecule has 1 fully saturated rings. The molecule has 1 aromatic heterocycles. The summed E-state index contributed by atoms with van der Waals surface area (Å²) in [5.41, 5.74) is -0.773. The van der Waals surface area contributed by atoms with Crippen LogP contribution < -0.4 is 9.46 Å².